The highest BCUT2D eigenvalue weighted by molar-refractivity contribution is 6.30. The fourth-order valence-electron chi connectivity index (χ4n) is 1.78. The Labute approximate surface area is 117 Å². The summed E-state index contributed by atoms with van der Waals surface area (Å²) in [5, 5.41) is 7.92. The molecule has 1 aromatic carbocycles. The van der Waals surface area contributed by atoms with Gasteiger partial charge in [0.1, 0.15) is 5.82 Å². The van der Waals surface area contributed by atoms with E-state index < -0.39 is 0 Å². The molecule has 0 bridgehead atoms. The summed E-state index contributed by atoms with van der Waals surface area (Å²) in [6.07, 6.45) is 3.23. The standard InChI is InChI=1S/C14H17ClFN3/c1-10(2)17-6-11-3-4-14(16)12(5-11)8-19-9-13(15)7-18-19/h3-5,7,9-10,17H,6,8H2,1-2H3. The topological polar surface area (TPSA) is 29.9 Å². The number of benzene rings is 1. The largest absolute Gasteiger partial charge is 0.310 e. The first kappa shape index (κ1) is 14.0. The maximum Gasteiger partial charge on any atom is 0.128 e. The first-order chi connectivity index (χ1) is 9.04. The van der Waals surface area contributed by atoms with Crippen molar-refractivity contribution in [2.75, 3.05) is 0 Å². The Morgan fingerprint density at radius 1 is 1.42 bits per heavy atom. The van der Waals surface area contributed by atoms with E-state index in [0.29, 0.717) is 23.2 Å². The summed E-state index contributed by atoms with van der Waals surface area (Å²) in [5.74, 6) is -0.222. The van der Waals surface area contributed by atoms with Gasteiger partial charge in [-0.2, -0.15) is 5.10 Å². The van der Waals surface area contributed by atoms with E-state index in [1.165, 1.54) is 6.07 Å². The molecule has 0 radical (unpaired) electrons. The Hall–Kier alpha value is -1.39. The van der Waals surface area contributed by atoms with E-state index in [0.717, 1.165) is 12.1 Å². The van der Waals surface area contributed by atoms with E-state index >= 15 is 0 Å². The number of aromatic nitrogens is 2. The van der Waals surface area contributed by atoms with E-state index in [4.69, 9.17) is 11.6 Å². The van der Waals surface area contributed by atoms with Crippen LogP contribution >= 0.6 is 11.6 Å². The minimum atomic E-state index is -0.222. The van der Waals surface area contributed by atoms with Crippen molar-refractivity contribution in [3.05, 3.63) is 52.6 Å². The molecular weight excluding hydrogens is 265 g/mol. The van der Waals surface area contributed by atoms with Crippen LogP contribution in [0.1, 0.15) is 25.0 Å². The van der Waals surface area contributed by atoms with Crippen molar-refractivity contribution in [2.24, 2.45) is 0 Å². The summed E-state index contributed by atoms with van der Waals surface area (Å²) in [6.45, 7) is 5.27. The summed E-state index contributed by atoms with van der Waals surface area (Å²) >= 11 is 5.80. The lowest BCUT2D eigenvalue weighted by atomic mass is 10.1. The van der Waals surface area contributed by atoms with Crippen LogP contribution in [0, 0.1) is 5.82 Å². The molecule has 2 rings (SSSR count). The number of nitrogens with one attached hydrogen (secondary N) is 1. The molecule has 2 aromatic rings. The summed E-state index contributed by atoms with van der Waals surface area (Å²) in [5.41, 5.74) is 1.67. The molecule has 19 heavy (non-hydrogen) atoms. The zero-order valence-corrected chi connectivity index (χ0v) is 11.8. The van der Waals surface area contributed by atoms with Gasteiger partial charge in [0.2, 0.25) is 0 Å². The molecule has 0 spiro atoms. The summed E-state index contributed by atoms with van der Waals surface area (Å²) in [7, 11) is 0. The molecule has 1 heterocycles. The number of rotatable bonds is 5. The summed E-state index contributed by atoms with van der Waals surface area (Å²) < 4.78 is 15.4. The zero-order chi connectivity index (χ0) is 13.8. The fraction of sp³-hybridized carbons (Fsp3) is 0.357. The molecule has 0 aliphatic heterocycles. The Kier molecular flexibility index (Phi) is 4.56. The summed E-state index contributed by atoms with van der Waals surface area (Å²) in [6, 6.07) is 5.56. The monoisotopic (exact) mass is 281 g/mol. The third-order valence-corrected chi connectivity index (χ3v) is 2.95. The number of nitrogens with zero attached hydrogens (tertiary/aromatic N) is 2. The minimum Gasteiger partial charge on any atom is -0.310 e. The quantitative estimate of drug-likeness (QED) is 0.912. The molecule has 5 heteroatoms. The van der Waals surface area contributed by atoms with Gasteiger partial charge in [0, 0.05) is 24.3 Å². The maximum atomic E-state index is 13.8. The van der Waals surface area contributed by atoms with Gasteiger partial charge in [0.05, 0.1) is 17.8 Å². The Balaban J connectivity index is 2.12. The maximum absolute atomic E-state index is 13.8. The molecule has 0 atom stereocenters. The van der Waals surface area contributed by atoms with Crippen LogP contribution in [0.15, 0.2) is 30.6 Å². The van der Waals surface area contributed by atoms with Gasteiger partial charge < -0.3 is 5.32 Å². The molecule has 1 N–H and O–H groups in total. The highest BCUT2D eigenvalue weighted by Gasteiger charge is 2.06. The van der Waals surface area contributed by atoms with E-state index in [-0.39, 0.29) is 5.82 Å². The second-order valence-electron chi connectivity index (χ2n) is 4.82. The van der Waals surface area contributed by atoms with Crippen molar-refractivity contribution >= 4 is 11.6 Å². The van der Waals surface area contributed by atoms with Gasteiger partial charge in [-0.15, -0.1) is 0 Å². The minimum absolute atomic E-state index is 0.222. The van der Waals surface area contributed by atoms with E-state index in [2.05, 4.69) is 24.3 Å². The fourth-order valence-corrected chi connectivity index (χ4v) is 1.94. The van der Waals surface area contributed by atoms with Gasteiger partial charge in [-0.25, -0.2) is 4.39 Å². The van der Waals surface area contributed by atoms with Crippen LogP contribution in [0.3, 0.4) is 0 Å². The molecule has 0 aliphatic carbocycles. The first-order valence-electron chi connectivity index (χ1n) is 6.23. The molecule has 102 valence electrons. The third kappa shape index (κ3) is 4.04. The van der Waals surface area contributed by atoms with Crippen molar-refractivity contribution < 1.29 is 4.39 Å². The van der Waals surface area contributed by atoms with Crippen LogP contribution in [0.25, 0.3) is 0 Å². The first-order valence-corrected chi connectivity index (χ1v) is 6.61. The second kappa shape index (κ2) is 6.17. The van der Waals surface area contributed by atoms with Crippen molar-refractivity contribution in [1.82, 2.24) is 15.1 Å². The van der Waals surface area contributed by atoms with Crippen LogP contribution in [0.5, 0.6) is 0 Å². The van der Waals surface area contributed by atoms with Crippen molar-refractivity contribution in [3.63, 3.8) is 0 Å². The van der Waals surface area contributed by atoms with Gasteiger partial charge >= 0.3 is 0 Å². The zero-order valence-electron chi connectivity index (χ0n) is 11.0. The molecule has 0 saturated heterocycles. The molecule has 0 fully saturated rings. The van der Waals surface area contributed by atoms with Gasteiger partial charge in [0.15, 0.2) is 0 Å². The van der Waals surface area contributed by atoms with Crippen LogP contribution in [-0.2, 0) is 13.1 Å². The van der Waals surface area contributed by atoms with Crippen molar-refractivity contribution in [2.45, 2.75) is 33.0 Å². The molecule has 0 saturated carbocycles. The van der Waals surface area contributed by atoms with Crippen LogP contribution in [-0.4, -0.2) is 15.8 Å². The average molecular weight is 282 g/mol. The number of hydrogen-bond donors (Lipinski definition) is 1. The van der Waals surface area contributed by atoms with E-state index in [9.17, 15) is 4.39 Å². The van der Waals surface area contributed by atoms with Gasteiger partial charge in [-0.05, 0) is 17.7 Å². The molecule has 0 amide bonds. The molecular formula is C14H17ClFN3. The van der Waals surface area contributed by atoms with Gasteiger partial charge in [-0.1, -0.05) is 31.5 Å². The predicted octanol–water partition coefficient (Wildman–Crippen LogP) is 3.22. The molecule has 0 aliphatic rings. The molecule has 3 nitrogen and oxygen atoms in total. The number of halogens is 2. The van der Waals surface area contributed by atoms with Gasteiger partial charge in [-0.3, -0.25) is 4.68 Å². The SMILES string of the molecule is CC(C)NCc1ccc(F)c(Cn2cc(Cl)cn2)c1. The van der Waals surface area contributed by atoms with Crippen LogP contribution in [0.2, 0.25) is 5.02 Å². The lowest BCUT2D eigenvalue weighted by Crippen LogP contribution is -2.22. The summed E-state index contributed by atoms with van der Waals surface area (Å²) in [4.78, 5) is 0. The molecule has 0 unspecified atom stereocenters. The predicted molar refractivity (Wildman–Crippen MR) is 74.7 cm³/mol. The third-order valence-electron chi connectivity index (χ3n) is 2.76. The van der Waals surface area contributed by atoms with Crippen molar-refractivity contribution in [1.29, 1.82) is 0 Å². The van der Waals surface area contributed by atoms with Gasteiger partial charge in [0.25, 0.3) is 0 Å². The molecule has 1 aromatic heterocycles. The van der Waals surface area contributed by atoms with E-state index in [1.807, 2.05) is 6.07 Å². The van der Waals surface area contributed by atoms with E-state index in [1.54, 1.807) is 23.1 Å². The lowest BCUT2D eigenvalue weighted by molar-refractivity contribution is 0.573. The smallest absolute Gasteiger partial charge is 0.128 e. The Bertz CT molecular complexity index is 551. The average Bonchev–Trinajstić information content (AvgIpc) is 2.76. The highest BCUT2D eigenvalue weighted by Crippen LogP contribution is 2.14. The highest BCUT2D eigenvalue weighted by atomic mass is 35.5. The Morgan fingerprint density at radius 2 is 2.21 bits per heavy atom. The number of hydrogen-bond acceptors (Lipinski definition) is 2. The van der Waals surface area contributed by atoms with Crippen LogP contribution < -0.4 is 5.32 Å². The van der Waals surface area contributed by atoms with Crippen LogP contribution in [0.4, 0.5) is 4.39 Å². The second-order valence-corrected chi connectivity index (χ2v) is 5.25. The lowest BCUT2D eigenvalue weighted by Gasteiger charge is -2.10. The Morgan fingerprint density at radius 3 is 2.84 bits per heavy atom. The normalized spacial score (nSPS) is 11.2. The van der Waals surface area contributed by atoms with Crippen molar-refractivity contribution in [3.8, 4) is 0 Å².